The number of hydrogen-bond acceptors (Lipinski definition) is 4. The van der Waals surface area contributed by atoms with E-state index in [9.17, 15) is 4.79 Å². The molecule has 0 N–H and O–H groups in total. The van der Waals surface area contributed by atoms with Crippen LogP contribution >= 0.6 is 0 Å². The second kappa shape index (κ2) is 7.44. The Morgan fingerprint density at radius 3 is 2.52 bits per heavy atom. The first-order valence-corrected chi connectivity index (χ1v) is 9.54. The van der Waals surface area contributed by atoms with Gasteiger partial charge in [-0.15, -0.1) is 0 Å². The third-order valence-electron chi connectivity index (χ3n) is 5.78. The van der Waals surface area contributed by atoms with Crippen molar-refractivity contribution < 1.29 is 14.3 Å². The van der Waals surface area contributed by atoms with Gasteiger partial charge in [0.15, 0.2) is 5.79 Å². The molecule has 136 valence electrons. The van der Waals surface area contributed by atoms with Crippen molar-refractivity contribution in [2.24, 2.45) is 5.92 Å². The Bertz CT molecular complexity index is 578. The van der Waals surface area contributed by atoms with E-state index in [2.05, 4.69) is 35.2 Å². The zero-order valence-electron chi connectivity index (χ0n) is 14.9. The third kappa shape index (κ3) is 4.05. The van der Waals surface area contributed by atoms with Gasteiger partial charge in [-0.25, -0.2) is 0 Å². The molecule has 1 aromatic carbocycles. The van der Waals surface area contributed by atoms with Crippen molar-refractivity contribution in [1.29, 1.82) is 0 Å². The van der Waals surface area contributed by atoms with Gasteiger partial charge in [-0.3, -0.25) is 9.69 Å². The summed E-state index contributed by atoms with van der Waals surface area (Å²) in [6, 6.07) is 10.7. The number of likely N-dealkylation sites (tertiary alicyclic amines) is 2. The summed E-state index contributed by atoms with van der Waals surface area (Å²) in [5.74, 6) is 0.526. The minimum atomic E-state index is -0.428. The molecule has 0 aliphatic carbocycles. The van der Waals surface area contributed by atoms with Gasteiger partial charge in [-0.05, 0) is 30.7 Å². The van der Waals surface area contributed by atoms with E-state index in [4.69, 9.17) is 9.47 Å². The maximum absolute atomic E-state index is 12.6. The van der Waals surface area contributed by atoms with Gasteiger partial charge in [0.1, 0.15) is 0 Å². The largest absolute Gasteiger partial charge is 0.346 e. The van der Waals surface area contributed by atoms with Gasteiger partial charge in [0, 0.05) is 26.1 Å². The maximum atomic E-state index is 12.6. The molecular weight excluding hydrogens is 316 g/mol. The van der Waals surface area contributed by atoms with Crippen LogP contribution in [0.2, 0.25) is 0 Å². The SMILES string of the molecule is O=C(CN1CCC2(C1)OCCO2)N1CCC(Cc2ccccc2)CC1. The van der Waals surface area contributed by atoms with Crippen LogP contribution in [0, 0.1) is 5.92 Å². The summed E-state index contributed by atoms with van der Waals surface area (Å²) in [7, 11) is 0. The topological polar surface area (TPSA) is 42.0 Å². The molecule has 0 aromatic heterocycles. The smallest absolute Gasteiger partial charge is 0.236 e. The normalized spacial score (nSPS) is 24.2. The lowest BCUT2D eigenvalue weighted by atomic mass is 9.90. The van der Waals surface area contributed by atoms with E-state index >= 15 is 0 Å². The fourth-order valence-corrected chi connectivity index (χ4v) is 4.32. The fraction of sp³-hybridized carbons (Fsp3) is 0.650. The molecule has 0 unspecified atom stereocenters. The van der Waals surface area contributed by atoms with E-state index in [-0.39, 0.29) is 5.91 Å². The van der Waals surface area contributed by atoms with Crippen LogP contribution in [0.5, 0.6) is 0 Å². The second-order valence-electron chi connectivity index (χ2n) is 7.58. The fourth-order valence-electron chi connectivity index (χ4n) is 4.32. The molecule has 0 atom stereocenters. The Balaban J connectivity index is 1.22. The van der Waals surface area contributed by atoms with Crippen LogP contribution in [0.1, 0.15) is 24.8 Å². The van der Waals surface area contributed by atoms with Crippen LogP contribution in [0.4, 0.5) is 0 Å². The van der Waals surface area contributed by atoms with Gasteiger partial charge in [0.05, 0.1) is 26.3 Å². The average Bonchev–Trinajstić information content (AvgIpc) is 3.26. The molecule has 0 radical (unpaired) electrons. The molecular formula is C20H28N2O3. The number of carbonyl (C=O) groups excluding carboxylic acids is 1. The van der Waals surface area contributed by atoms with E-state index in [0.717, 1.165) is 51.9 Å². The lowest BCUT2D eigenvalue weighted by Gasteiger charge is -2.33. The van der Waals surface area contributed by atoms with Crippen LogP contribution in [-0.2, 0) is 20.7 Å². The number of carbonyl (C=O) groups is 1. The van der Waals surface area contributed by atoms with Gasteiger partial charge in [0.25, 0.3) is 0 Å². The Morgan fingerprint density at radius 2 is 1.80 bits per heavy atom. The minimum Gasteiger partial charge on any atom is -0.346 e. The Labute approximate surface area is 149 Å². The summed E-state index contributed by atoms with van der Waals surface area (Å²) >= 11 is 0. The third-order valence-corrected chi connectivity index (χ3v) is 5.78. The van der Waals surface area contributed by atoms with Gasteiger partial charge in [-0.1, -0.05) is 30.3 Å². The summed E-state index contributed by atoms with van der Waals surface area (Å²) < 4.78 is 11.5. The first-order valence-electron chi connectivity index (χ1n) is 9.54. The molecule has 4 rings (SSSR count). The van der Waals surface area contributed by atoms with E-state index in [1.165, 1.54) is 5.56 Å². The Hall–Kier alpha value is -1.43. The first kappa shape index (κ1) is 17.0. The highest BCUT2D eigenvalue weighted by molar-refractivity contribution is 5.78. The zero-order chi connectivity index (χ0) is 17.1. The number of hydrogen-bond donors (Lipinski definition) is 0. The number of nitrogens with zero attached hydrogens (tertiary/aromatic N) is 2. The van der Waals surface area contributed by atoms with E-state index in [0.29, 0.717) is 25.7 Å². The highest BCUT2D eigenvalue weighted by atomic mass is 16.7. The number of piperidine rings is 1. The van der Waals surface area contributed by atoms with E-state index < -0.39 is 5.79 Å². The van der Waals surface area contributed by atoms with Gasteiger partial charge >= 0.3 is 0 Å². The number of benzene rings is 1. The predicted octanol–water partition coefficient (Wildman–Crippen LogP) is 1.92. The summed E-state index contributed by atoms with van der Waals surface area (Å²) in [5, 5.41) is 0. The summed E-state index contributed by atoms with van der Waals surface area (Å²) in [4.78, 5) is 16.9. The first-order chi connectivity index (χ1) is 12.2. The van der Waals surface area contributed by atoms with Gasteiger partial charge in [-0.2, -0.15) is 0 Å². The zero-order valence-corrected chi connectivity index (χ0v) is 14.9. The van der Waals surface area contributed by atoms with Crippen LogP contribution in [0.15, 0.2) is 30.3 Å². The molecule has 3 heterocycles. The minimum absolute atomic E-state index is 0.258. The van der Waals surface area contributed by atoms with E-state index in [1.807, 2.05) is 4.90 Å². The number of amides is 1. The van der Waals surface area contributed by atoms with Crippen molar-refractivity contribution >= 4 is 5.91 Å². The molecule has 1 aromatic rings. The predicted molar refractivity (Wildman–Crippen MR) is 95.1 cm³/mol. The van der Waals surface area contributed by atoms with Crippen molar-refractivity contribution in [3.05, 3.63) is 35.9 Å². The molecule has 25 heavy (non-hydrogen) atoms. The molecule has 3 saturated heterocycles. The highest BCUT2D eigenvalue weighted by Crippen LogP contribution is 2.30. The molecule has 1 spiro atoms. The molecule has 3 fully saturated rings. The monoisotopic (exact) mass is 344 g/mol. The lowest BCUT2D eigenvalue weighted by Crippen LogP contribution is -2.45. The summed E-state index contributed by atoms with van der Waals surface area (Å²) in [6.07, 6.45) is 4.22. The highest BCUT2D eigenvalue weighted by Gasteiger charge is 2.43. The Morgan fingerprint density at radius 1 is 1.08 bits per heavy atom. The maximum Gasteiger partial charge on any atom is 0.236 e. The van der Waals surface area contributed by atoms with Gasteiger partial charge < -0.3 is 14.4 Å². The average molecular weight is 344 g/mol. The molecule has 0 bridgehead atoms. The van der Waals surface area contributed by atoms with Crippen molar-refractivity contribution in [3.63, 3.8) is 0 Å². The summed E-state index contributed by atoms with van der Waals surface area (Å²) in [5.41, 5.74) is 1.41. The van der Waals surface area contributed by atoms with E-state index in [1.54, 1.807) is 0 Å². The molecule has 1 amide bonds. The molecule has 3 aliphatic heterocycles. The summed E-state index contributed by atoms with van der Waals surface area (Å²) in [6.45, 7) is 5.25. The molecule has 0 saturated carbocycles. The number of rotatable bonds is 4. The molecule has 3 aliphatic rings. The lowest BCUT2D eigenvalue weighted by molar-refractivity contribution is -0.147. The molecule has 5 heteroatoms. The second-order valence-corrected chi connectivity index (χ2v) is 7.58. The van der Waals surface area contributed by atoms with Gasteiger partial charge in [0.2, 0.25) is 5.91 Å². The van der Waals surface area contributed by atoms with Crippen LogP contribution < -0.4 is 0 Å². The van der Waals surface area contributed by atoms with Crippen LogP contribution in [0.3, 0.4) is 0 Å². The Kier molecular flexibility index (Phi) is 5.06. The van der Waals surface area contributed by atoms with Crippen LogP contribution in [0.25, 0.3) is 0 Å². The molecule has 5 nitrogen and oxygen atoms in total. The quantitative estimate of drug-likeness (QED) is 0.837. The van der Waals surface area contributed by atoms with Crippen molar-refractivity contribution in [1.82, 2.24) is 9.80 Å². The number of ether oxygens (including phenoxy) is 2. The van der Waals surface area contributed by atoms with Crippen molar-refractivity contribution in [2.75, 3.05) is 45.9 Å². The van der Waals surface area contributed by atoms with Crippen LogP contribution in [-0.4, -0.2) is 67.4 Å². The van der Waals surface area contributed by atoms with Crippen molar-refractivity contribution in [2.45, 2.75) is 31.5 Å². The van der Waals surface area contributed by atoms with Crippen molar-refractivity contribution in [3.8, 4) is 0 Å². The standard InChI is InChI=1S/C20H28N2O3/c23-19(15-21-11-8-20(16-21)24-12-13-25-20)22-9-6-18(7-10-22)14-17-4-2-1-3-5-17/h1-5,18H,6-16H2.